The lowest BCUT2D eigenvalue weighted by atomic mass is 9.96. The number of nitrogens with two attached hydrogens (primary N) is 4. The van der Waals surface area contributed by atoms with Gasteiger partial charge < -0.3 is 147 Å². The number of hydrogen-bond donors (Lipinski definition) is 25. The van der Waals surface area contributed by atoms with Gasteiger partial charge in [0, 0.05) is 38.9 Å². The van der Waals surface area contributed by atoms with Gasteiger partial charge in [0.2, 0.25) is 82.7 Å². The van der Waals surface area contributed by atoms with Gasteiger partial charge in [0.05, 0.1) is 50.9 Å². The highest BCUT2D eigenvalue weighted by molar-refractivity contribution is 5.98. The van der Waals surface area contributed by atoms with Crippen LogP contribution in [-0.4, -0.2) is 320 Å². The summed E-state index contributed by atoms with van der Waals surface area (Å²) in [6.45, 7) is 1.68. The van der Waals surface area contributed by atoms with Crippen molar-refractivity contribution in [1.82, 2.24) is 68.7 Å². The molecule has 29 N–H and O–H groups in total. The van der Waals surface area contributed by atoms with Gasteiger partial charge in [-0.05, 0) is 103 Å². The molecule has 49 heteroatoms. The van der Waals surface area contributed by atoms with E-state index in [-0.39, 0.29) is 83.6 Å². The van der Waals surface area contributed by atoms with E-state index < -0.39 is 281 Å². The minimum atomic E-state index is -5.08. The maximum Gasteiger partial charge on any atom is 0.490 e. The summed E-state index contributed by atoms with van der Waals surface area (Å²) in [4.78, 5) is 234. The number of nitrogens with zero attached hydrogens (tertiary/aromatic N) is 1. The number of likely N-dealkylation sites (tertiary alicyclic amines) is 1. The molecule has 0 bridgehead atoms. The Bertz CT molecular complexity index is 3720. The number of ether oxygens (including phenoxy) is 2. The lowest BCUT2D eigenvalue weighted by Gasteiger charge is -2.40. The summed E-state index contributed by atoms with van der Waals surface area (Å²) in [7, 11) is 0. The Balaban J connectivity index is 0.00000687. The summed E-state index contributed by atoms with van der Waals surface area (Å²) in [5.74, 6) is -21.8. The fraction of sp³-hybridized carbons (Fsp3) is 0.644. The number of aliphatic hydroxyl groups excluding tert-OH is 5. The lowest BCUT2D eigenvalue weighted by molar-refractivity contribution is -0.310. The number of nitrogens with one attached hydrogen (secondary N) is 12. The number of amides is 14. The van der Waals surface area contributed by atoms with Crippen LogP contribution in [0.15, 0.2) is 42.5 Å². The summed E-state index contributed by atoms with van der Waals surface area (Å²) < 4.78 is 43.1. The van der Waals surface area contributed by atoms with Crippen molar-refractivity contribution in [1.29, 1.82) is 0 Å². The molecule has 2 aliphatic heterocycles. The van der Waals surface area contributed by atoms with Crippen molar-refractivity contribution in [3.05, 3.63) is 48.0 Å². The molecule has 1 aromatic rings. The van der Waals surface area contributed by atoms with Crippen LogP contribution in [0.1, 0.15) is 123 Å². The van der Waals surface area contributed by atoms with Crippen molar-refractivity contribution < 1.29 is 155 Å². The largest absolute Gasteiger partial charge is 0.490 e. The van der Waals surface area contributed by atoms with Crippen molar-refractivity contribution >= 4 is 107 Å². The quantitative estimate of drug-likeness (QED) is 0.0213. The van der Waals surface area contributed by atoms with Crippen LogP contribution in [0.5, 0.6) is 0 Å². The standard InChI is InChI=1S/C71H113N17O27.C2HF3O2/c1-5-36(2)56(86-50(92)31-74)69(111)80-37(3)61(103)76-27-11-15-40(29-39-13-7-6-8-14-39)62(104)83-43(19-18-41(30-73)114-71-60(102)59(101)58(100)48(35-89)115-71)64(106)78-33-51(93)81-45(21-24-54(96)97)66(108)84-44(20-23-49(75)91)65(107)79-34-53(95)88-28-12-17-47(88)68(110)85-42(16-9-10-26-72)63(105)77-32-52(94)82-46(22-25-55(98)99)67(109)87-57(38(4)90)70(112)113;3-2(4,5)1(6)7/h6-8,11,13-15,36-38,40-48,56-60,71,89-90,100-102H,5,9-10,12,16-35,72-74H2,1-4H3,(H2,75,91)(H,76,103)(H,77,105)(H,78,106)(H,79,107)(H,80,111)(H,81,93)(H,82,94)(H,83,104)(H,84,108)(H,85,110)(H,86,92)(H,87,109)(H,96,97)(H,98,99)(H,112,113);(H,6,7)/b15-11+;/t36-,37-,38+,40-,41+,42-,43?,44-,45-,46-,47-,48+,56-,57-,58-,59-,60+,71+;/m0./s1. The number of halogens is 3. The normalized spacial score (nSPS) is 19.2. The molecule has 2 fully saturated rings. The van der Waals surface area contributed by atoms with E-state index in [1.807, 2.05) is 5.32 Å². The number of carbonyl (C=O) groups is 18. The molecular formula is C73H114F3N17O29. The van der Waals surface area contributed by atoms with Gasteiger partial charge in [-0.25, -0.2) is 9.59 Å². The van der Waals surface area contributed by atoms with Crippen LogP contribution in [0.3, 0.4) is 0 Å². The first-order valence-electron chi connectivity index (χ1n) is 38.8. The van der Waals surface area contributed by atoms with E-state index >= 15 is 0 Å². The van der Waals surface area contributed by atoms with Crippen molar-refractivity contribution in [2.75, 3.05) is 59.0 Å². The van der Waals surface area contributed by atoms with E-state index in [0.29, 0.717) is 18.4 Å². The molecule has 1 unspecified atom stereocenters. The van der Waals surface area contributed by atoms with Gasteiger partial charge in [-0.3, -0.25) is 76.7 Å². The number of aliphatic hydroxyl groups is 5. The Morgan fingerprint density at radius 3 is 1.61 bits per heavy atom. The highest BCUT2D eigenvalue weighted by Gasteiger charge is 2.46. The first kappa shape index (κ1) is 107. The van der Waals surface area contributed by atoms with Crippen molar-refractivity contribution in [2.45, 2.75) is 227 Å². The van der Waals surface area contributed by atoms with Crippen LogP contribution in [0.25, 0.3) is 0 Å². The number of carboxylic acid groups (broad SMARTS) is 4. The average Bonchev–Trinajstić information content (AvgIpc) is 1.02. The number of carboxylic acids is 4. The van der Waals surface area contributed by atoms with Crippen molar-refractivity contribution in [3.8, 4) is 0 Å². The fourth-order valence-corrected chi connectivity index (χ4v) is 11.8. The monoisotopic (exact) mass is 1750 g/mol. The van der Waals surface area contributed by atoms with Gasteiger partial charge in [0.1, 0.15) is 72.8 Å². The SMILES string of the molecule is CC[C@H](C)[C@H](NC(=O)CN)C(=O)N[C@@H](C)C(=O)NC/C=C/[C@@H](Cc1ccccc1)C(=O)NC(CC[C@H](CN)O[C@@H]1O[C@H](CO)[C@H](O)[C@H](O)[C@H]1O)C(=O)NCC(=O)N[C@@H](CCC(=O)O)C(=O)N[C@@H](CCC(N)=O)C(=O)NCC(=O)N1CCC[C@H]1C(=O)N[C@@H](CCCCN)C(=O)NCC(=O)N[C@@H](CCC(=O)O)C(=O)N[C@H](C(=O)O)[C@@H](C)O.O=C(O)C(F)(F)F. The van der Waals surface area contributed by atoms with Gasteiger partial charge in [-0.1, -0.05) is 62.8 Å². The third-order valence-corrected chi connectivity index (χ3v) is 18.9. The molecule has 2 heterocycles. The summed E-state index contributed by atoms with van der Waals surface area (Å²) in [5, 5.41) is 115. The zero-order chi connectivity index (χ0) is 92.3. The topological polar surface area (TPSA) is 759 Å². The van der Waals surface area contributed by atoms with E-state index in [1.165, 1.54) is 19.1 Å². The molecule has 0 aromatic heterocycles. The summed E-state index contributed by atoms with van der Waals surface area (Å²) >= 11 is 0. The van der Waals surface area contributed by atoms with Crippen LogP contribution in [0, 0.1) is 11.8 Å². The number of benzene rings is 1. The Labute approximate surface area is 697 Å². The van der Waals surface area contributed by atoms with Crippen LogP contribution in [-0.2, 0) is 102 Å². The van der Waals surface area contributed by atoms with E-state index in [0.717, 1.165) is 11.8 Å². The Morgan fingerprint density at radius 1 is 0.590 bits per heavy atom. The number of rotatable bonds is 53. The third kappa shape index (κ3) is 39.1. The predicted octanol–water partition coefficient (Wildman–Crippen LogP) is -9.09. The Morgan fingerprint density at radius 2 is 1.11 bits per heavy atom. The van der Waals surface area contributed by atoms with Crippen LogP contribution >= 0.6 is 0 Å². The maximum absolute atomic E-state index is 14.5. The molecule has 46 nitrogen and oxygen atoms in total. The summed E-state index contributed by atoms with van der Waals surface area (Å²) in [6, 6.07) is -4.89. The molecule has 122 heavy (non-hydrogen) atoms. The second-order valence-electron chi connectivity index (χ2n) is 28.4. The third-order valence-electron chi connectivity index (χ3n) is 18.9. The molecule has 1 aromatic carbocycles. The van der Waals surface area contributed by atoms with E-state index in [9.17, 15) is 136 Å². The predicted molar refractivity (Wildman–Crippen MR) is 414 cm³/mol. The van der Waals surface area contributed by atoms with Gasteiger partial charge >= 0.3 is 30.1 Å². The van der Waals surface area contributed by atoms with Crippen molar-refractivity contribution in [3.63, 3.8) is 0 Å². The Kier molecular flexibility index (Phi) is 48.1. The van der Waals surface area contributed by atoms with Crippen LogP contribution < -0.4 is 86.7 Å². The van der Waals surface area contributed by atoms with Gasteiger partial charge in [0.25, 0.3) is 0 Å². The molecule has 0 spiro atoms. The van der Waals surface area contributed by atoms with E-state index in [1.54, 1.807) is 44.2 Å². The van der Waals surface area contributed by atoms with Gasteiger partial charge in [0.15, 0.2) is 12.3 Å². The number of alkyl halides is 3. The van der Waals surface area contributed by atoms with E-state index in [2.05, 4.69) is 58.5 Å². The number of hydrogen-bond acceptors (Lipinski definition) is 28. The number of unbranched alkanes of at least 4 members (excludes halogenated alkanes) is 1. The number of carbonyl (C=O) groups excluding carboxylic acids is 14. The Hall–Kier alpha value is -11.2. The highest BCUT2D eigenvalue weighted by atomic mass is 19.4. The molecular weight excluding hydrogens is 1640 g/mol. The lowest BCUT2D eigenvalue weighted by Crippen LogP contribution is -2.60. The molecule has 0 radical (unpaired) electrons. The summed E-state index contributed by atoms with van der Waals surface area (Å²) in [5.41, 5.74) is 23.2. The minimum absolute atomic E-state index is 0.00976. The average molecular weight is 1750 g/mol. The zero-order valence-corrected chi connectivity index (χ0v) is 67.5. The van der Waals surface area contributed by atoms with Crippen LogP contribution in [0.2, 0.25) is 0 Å². The molecule has 0 saturated carbocycles. The molecule has 2 aliphatic rings. The zero-order valence-electron chi connectivity index (χ0n) is 67.5. The van der Waals surface area contributed by atoms with Gasteiger partial charge in [-0.2, -0.15) is 13.2 Å². The molecule has 2 saturated heterocycles. The minimum Gasteiger partial charge on any atom is -0.481 e. The second kappa shape index (κ2) is 55.0. The maximum atomic E-state index is 14.5. The fourth-order valence-electron chi connectivity index (χ4n) is 11.8. The first-order valence-corrected chi connectivity index (χ1v) is 38.8. The van der Waals surface area contributed by atoms with E-state index in [4.69, 9.17) is 42.3 Å². The number of aliphatic carboxylic acids is 4. The smallest absolute Gasteiger partial charge is 0.481 e. The number of primary amides is 1. The second-order valence-corrected chi connectivity index (χ2v) is 28.4. The summed E-state index contributed by atoms with van der Waals surface area (Å²) in [6.07, 6.45) is -16.6. The first-order chi connectivity index (χ1) is 57.3. The van der Waals surface area contributed by atoms with Crippen molar-refractivity contribution in [2.24, 2.45) is 34.8 Å². The molecule has 14 amide bonds. The molecule has 686 valence electrons. The van der Waals surface area contributed by atoms with Gasteiger partial charge in [-0.15, -0.1) is 0 Å². The molecule has 0 aliphatic carbocycles. The molecule has 18 atom stereocenters. The highest BCUT2D eigenvalue weighted by Crippen LogP contribution is 2.25. The molecule has 3 rings (SSSR count). The van der Waals surface area contributed by atoms with Crippen LogP contribution in [0.4, 0.5) is 13.2 Å².